The first kappa shape index (κ1) is 21.4. The number of hydrogen-bond donors (Lipinski definition) is 1. The Morgan fingerprint density at radius 2 is 1.86 bits per heavy atom. The molecule has 0 bridgehead atoms. The smallest absolute Gasteiger partial charge is 0.312 e. The van der Waals surface area contributed by atoms with E-state index in [2.05, 4.69) is 41.1 Å². The summed E-state index contributed by atoms with van der Waals surface area (Å²) in [6.07, 6.45) is 0.695. The second-order valence-electron chi connectivity index (χ2n) is 7.40. The van der Waals surface area contributed by atoms with Crippen LogP contribution in [-0.4, -0.2) is 56.7 Å². The van der Waals surface area contributed by atoms with Gasteiger partial charge in [0.1, 0.15) is 0 Å². The van der Waals surface area contributed by atoms with E-state index in [1.54, 1.807) is 6.07 Å². The summed E-state index contributed by atoms with van der Waals surface area (Å²) in [5, 5.41) is 11.5. The Morgan fingerprint density at radius 3 is 2.41 bits per heavy atom. The van der Waals surface area contributed by atoms with Gasteiger partial charge in [-0.15, -0.1) is 0 Å². The molecule has 3 rings (SSSR count). The standard InChI is InChI=1S/C21H27ClN4O3/c1-24-7-9-25(10-8-24)17-5-3-15(4-6-17)11-16(14-23)18-12-21(29-2)20(26(27)28)13-19(18)22/h3-6,12-13,16H,7-11,14,23H2,1-2H3. The van der Waals surface area contributed by atoms with Crippen molar-refractivity contribution in [3.8, 4) is 5.75 Å². The molecule has 1 aliphatic rings. The number of nitro groups is 1. The third kappa shape index (κ3) is 4.98. The normalized spacial score (nSPS) is 15.9. The number of nitrogens with two attached hydrogens (primary N) is 1. The molecule has 0 radical (unpaired) electrons. The van der Waals surface area contributed by atoms with E-state index in [1.165, 1.54) is 18.9 Å². The van der Waals surface area contributed by atoms with Gasteiger partial charge in [-0.25, -0.2) is 0 Å². The predicted molar refractivity (Wildman–Crippen MR) is 116 cm³/mol. The summed E-state index contributed by atoms with van der Waals surface area (Å²) in [6, 6.07) is 11.5. The molecule has 8 heteroatoms. The van der Waals surface area contributed by atoms with Crippen molar-refractivity contribution >= 4 is 23.0 Å². The monoisotopic (exact) mass is 418 g/mol. The fourth-order valence-electron chi connectivity index (χ4n) is 3.69. The first-order chi connectivity index (χ1) is 13.9. The van der Waals surface area contributed by atoms with Gasteiger partial charge in [0.05, 0.1) is 17.1 Å². The van der Waals surface area contributed by atoms with Crippen LogP contribution in [0.25, 0.3) is 0 Å². The van der Waals surface area contributed by atoms with E-state index in [-0.39, 0.29) is 17.4 Å². The van der Waals surface area contributed by atoms with E-state index in [9.17, 15) is 10.1 Å². The minimum Gasteiger partial charge on any atom is -0.490 e. The van der Waals surface area contributed by atoms with Crippen molar-refractivity contribution in [1.82, 2.24) is 4.90 Å². The van der Waals surface area contributed by atoms with Crippen molar-refractivity contribution in [3.63, 3.8) is 0 Å². The van der Waals surface area contributed by atoms with E-state index in [4.69, 9.17) is 22.1 Å². The van der Waals surface area contributed by atoms with Gasteiger partial charge in [0, 0.05) is 43.9 Å². The van der Waals surface area contributed by atoms with Gasteiger partial charge in [-0.1, -0.05) is 23.7 Å². The first-order valence-corrected chi connectivity index (χ1v) is 10.0. The first-order valence-electron chi connectivity index (χ1n) is 9.67. The van der Waals surface area contributed by atoms with Crippen molar-refractivity contribution in [2.75, 3.05) is 51.8 Å². The van der Waals surface area contributed by atoms with Gasteiger partial charge >= 0.3 is 5.69 Å². The average Bonchev–Trinajstić information content (AvgIpc) is 2.73. The summed E-state index contributed by atoms with van der Waals surface area (Å²) in [5.41, 5.74) is 9.01. The van der Waals surface area contributed by atoms with Crippen LogP contribution in [0, 0.1) is 10.1 Å². The van der Waals surface area contributed by atoms with E-state index in [1.807, 2.05) is 0 Å². The molecule has 2 N–H and O–H groups in total. The summed E-state index contributed by atoms with van der Waals surface area (Å²) in [4.78, 5) is 15.4. The lowest BCUT2D eigenvalue weighted by atomic mass is 9.91. The van der Waals surface area contributed by atoms with Crippen LogP contribution in [0.4, 0.5) is 11.4 Å². The summed E-state index contributed by atoms with van der Waals surface area (Å²) in [5.74, 6) is 0.130. The highest BCUT2D eigenvalue weighted by molar-refractivity contribution is 6.31. The Hall–Kier alpha value is -2.35. The van der Waals surface area contributed by atoms with Gasteiger partial charge in [-0.05, 0) is 49.3 Å². The number of nitro benzene ring substituents is 1. The predicted octanol–water partition coefficient (Wildman–Crippen LogP) is 3.29. The molecular weight excluding hydrogens is 392 g/mol. The third-order valence-corrected chi connectivity index (χ3v) is 5.83. The highest BCUT2D eigenvalue weighted by Gasteiger charge is 2.23. The van der Waals surface area contributed by atoms with Gasteiger partial charge < -0.3 is 20.3 Å². The number of hydrogen-bond acceptors (Lipinski definition) is 6. The van der Waals surface area contributed by atoms with Gasteiger partial charge in [0.2, 0.25) is 0 Å². The third-order valence-electron chi connectivity index (χ3n) is 5.51. The number of benzene rings is 2. The lowest BCUT2D eigenvalue weighted by Gasteiger charge is -2.34. The zero-order chi connectivity index (χ0) is 21.0. The number of anilines is 1. The van der Waals surface area contributed by atoms with Crippen LogP contribution < -0.4 is 15.4 Å². The average molecular weight is 419 g/mol. The largest absolute Gasteiger partial charge is 0.490 e. The van der Waals surface area contributed by atoms with Crippen LogP contribution >= 0.6 is 11.6 Å². The molecule has 0 amide bonds. The van der Waals surface area contributed by atoms with Crippen LogP contribution in [0.1, 0.15) is 17.0 Å². The van der Waals surface area contributed by atoms with Gasteiger partial charge in [0.25, 0.3) is 0 Å². The lowest BCUT2D eigenvalue weighted by Crippen LogP contribution is -2.44. The van der Waals surface area contributed by atoms with Crippen LogP contribution in [0.15, 0.2) is 36.4 Å². The molecule has 0 saturated carbocycles. The minimum absolute atomic E-state index is 0.0632. The molecule has 1 aliphatic heterocycles. The summed E-state index contributed by atoms with van der Waals surface area (Å²) < 4.78 is 5.19. The Kier molecular flexibility index (Phi) is 6.95. The Labute approximate surface area is 176 Å². The highest BCUT2D eigenvalue weighted by Crippen LogP contribution is 2.37. The molecule has 156 valence electrons. The zero-order valence-electron chi connectivity index (χ0n) is 16.8. The number of rotatable bonds is 7. The summed E-state index contributed by atoms with van der Waals surface area (Å²) in [6.45, 7) is 4.56. The maximum atomic E-state index is 11.2. The van der Waals surface area contributed by atoms with Crippen molar-refractivity contribution in [2.45, 2.75) is 12.3 Å². The second kappa shape index (κ2) is 9.43. The molecular formula is C21H27ClN4O3. The molecule has 7 nitrogen and oxygen atoms in total. The molecule has 0 spiro atoms. The molecule has 2 aromatic carbocycles. The molecule has 1 fully saturated rings. The SMILES string of the molecule is COc1cc(C(CN)Cc2ccc(N3CCN(C)CC3)cc2)c(Cl)cc1[N+](=O)[O-]. The maximum absolute atomic E-state index is 11.2. The highest BCUT2D eigenvalue weighted by atomic mass is 35.5. The van der Waals surface area contributed by atoms with E-state index in [0.29, 0.717) is 18.0 Å². The fraction of sp³-hybridized carbons (Fsp3) is 0.429. The quantitative estimate of drug-likeness (QED) is 0.548. The van der Waals surface area contributed by atoms with E-state index >= 15 is 0 Å². The zero-order valence-corrected chi connectivity index (χ0v) is 17.6. The van der Waals surface area contributed by atoms with Crippen molar-refractivity contribution < 1.29 is 9.66 Å². The van der Waals surface area contributed by atoms with Gasteiger partial charge in [0.15, 0.2) is 5.75 Å². The molecule has 1 saturated heterocycles. The molecule has 1 atom stereocenters. The minimum atomic E-state index is -0.497. The van der Waals surface area contributed by atoms with Crippen LogP contribution in [-0.2, 0) is 6.42 Å². The van der Waals surface area contributed by atoms with E-state index < -0.39 is 4.92 Å². The molecule has 29 heavy (non-hydrogen) atoms. The number of ether oxygens (including phenoxy) is 1. The number of halogens is 1. The molecule has 2 aromatic rings. The maximum Gasteiger partial charge on any atom is 0.312 e. The van der Waals surface area contributed by atoms with E-state index in [0.717, 1.165) is 37.3 Å². The Balaban J connectivity index is 1.77. The second-order valence-corrected chi connectivity index (χ2v) is 7.80. The molecule has 0 aromatic heterocycles. The Morgan fingerprint density at radius 1 is 1.21 bits per heavy atom. The molecule has 1 heterocycles. The molecule has 0 aliphatic carbocycles. The Bertz CT molecular complexity index is 852. The summed E-state index contributed by atoms with van der Waals surface area (Å²) >= 11 is 6.35. The summed E-state index contributed by atoms with van der Waals surface area (Å²) in [7, 11) is 3.56. The molecule has 1 unspecified atom stereocenters. The van der Waals surface area contributed by atoms with Crippen LogP contribution in [0.3, 0.4) is 0 Å². The van der Waals surface area contributed by atoms with Gasteiger partial charge in [-0.2, -0.15) is 0 Å². The number of methoxy groups -OCH3 is 1. The van der Waals surface area contributed by atoms with Crippen molar-refractivity contribution in [1.29, 1.82) is 0 Å². The number of likely N-dealkylation sites (N-methyl/N-ethyl adjacent to an activating group) is 1. The topological polar surface area (TPSA) is 84.9 Å². The van der Waals surface area contributed by atoms with Crippen molar-refractivity contribution in [2.24, 2.45) is 5.73 Å². The lowest BCUT2D eigenvalue weighted by molar-refractivity contribution is -0.385. The number of piperazine rings is 1. The van der Waals surface area contributed by atoms with Crippen LogP contribution in [0.2, 0.25) is 5.02 Å². The van der Waals surface area contributed by atoms with Gasteiger partial charge in [-0.3, -0.25) is 10.1 Å². The van der Waals surface area contributed by atoms with Crippen LogP contribution in [0.5, 0.6) is 5.75 Å². The number of nitrogens with zero attached hydrogens (tertiary/aromatic N) is 3. The van der Waals surface area contributed by atoms with Crippen molar-refractivity contribution in [3.05, 3.63) is 62.7 Å². The fourth-order valence-corrected chi connectivity index (χ4v) is 4.00.